The normalized spacial score (nSPS) is 11.7. The van der Waals surface area contributed by atoms with Crippen molar-refractivity contribution in [2.45, 2.75) is 12.7 Å². The highest BCUT2D eigenvalue weighted by atomic mass is 35.5. The minimum Gasteiger partial charge on any atom is -0.464 e. The molecule has 1 amide bonds. The Morgan fingerprint density at radius 3 is 2.68 bits per heavy atom. The summed E-state index contributed by atoms with van der Waals surface area (Å²) in [5, 5.41) is 13.3. The van der Waals surface area contributed by atoms with Crippen LogP contribution < -0.4 is 5.32 Å². The van der Waals surface area contributed by atoms with Gasteiger partial charge in [0.2, 0.25) is 0 Å². The van der Waals surface area contributed by atoms with Crippen LogP contribution in [0.4, 0.5) is 18.0 Å². The SMILES string of the molecule is O=C(NCc1cccs1)c1nc2c(C(F)(F)F)cc(-c3cccn3C(=O)O)cn2c1Cl. The molecule has 0 aromatic carbocycles. The fourth-order valence-electron chi connectivity index (χ4n) is 3.06. The van der Waals surface area contributed by atoms with Crippen molar-refractivity contribution in [1.82, 2.24) is 19.3 Å². The number of nitrogens with zero attached hydrogens (tertiary/aromatic N) is 3. The Kier molecular flexibility index (Phi) is 5.23. The summed E-state index contributed by atoms with van der Waals surface area (Å²) in [6, 6.07) is 7.12. The first-order chi connectivity index (χ1) is 14.7. The second kappa shape index (κ2) is 7.75. The number of rotatable bonds is 4. The molecular weight excluding hydrogens is 457 g/mol. The lowest BCUT2D eigenvalue weighted by molar-refractivity contribution is -0.136. The third-order valence-corrected chi connectivity index (χ3v) is 5.67. The molecule has 0 fully saturated rings. The van der Waals surface area contributed by atoms with Gasteiger partial charge >= 0.3 is 12.3 Å². The molecule has 0 spiro atoms. The van der Waals surface area contributed by atoms with Crippen LogP contribution >= 0.6 is 22.9 Å². The van der Waals surface area contributed by atoms with E-state index in [1.165, 1.54) is 35.9 Å². The molecule has 4 rings (SSSR count). The van der Waals surface area contributed by atoms with E-state index in [0.717, 1.165) is 19.9 Å². The standard InChI is InChI=1S/C19H12ClF3N4O3S/c20-15-14(17(28)24-8-11-3-2-6-31-11)25-16-12(19(21,22)23)7-10(9-27(15)16)13-4-1-5-26(13)18(29)30/h1-7,9H,8H2,(H,24,28)(H,29,30). The number of carbonyl (C=O) groups excluding carboxylic acids is 1. The molecule has 160 valence electrons. The number of halogens is 4. The summed E-state index contributed by atoms with van der Waals surface area (Å²) in [5.74, 6) is -0.731. The Morgan fingerprint density at radius 1 is 1.26 bits per heavy atom. The Morgan fingerprint density at radius 2 is 2.03 bits per heavy atom. The number of carbonyl (C=O) groups is 2. The molecule has 0 saturated carbocycles. The van der Waals surface area contributed by atoms with Gasteiger partial charge in [0.05, 0.1) is 17.8 Å². The van der Waals surface area contributed by atoms with Gasteiger partial charge in [-0.2, -0.15) is 13.2 Å². The highest BCUT2D eigenvalue weighted by Gasteiger charge is 2.36. The van der Waals surface area contributed by atoms with Crippen molar-refractivity contribution in [2.75, 3.05) is 0 Å². The second-order valence-electron chi connectivity index (χ2n) is 6.39. The van der Waals surface area contributed by atoms with Crippen LogP contribution in [0.2, 0.25) is 5.15 Å². The van der Waals surface area contributed by atoms with Crippen LogP contribution in [-0.4, -0.2) is 31.1 Å². The Bertz CT molecular complexity index is 1290. The number of amides is 1. The van der Waals surface area contributed by atoms with Gasteiger partial charge in [0.15, 0.2) is 11.3 Å². The average Bonchev–Trinajstić information content (AvgIpc) is 3.45. The maximum Gasteiger partial charge on any atom is 0.420 e. The number of nitrogens with one attached hydrogen (secondary N) is 1. The minimum atomic E-state index is -4.82. The van der Waals surface area contributed by atoms with E-state index in [4.69, 9.17) is 11.6 Å². The molecule has 2 N–H and O–H groups in total. The van der Waals surface area contributed by atoms with Crippen LogP contribution in [0.5, 0.6) is 0 Å². The van der Waals surface area contributed by atoms with Crippen molar-refractivity contribution in [2.24, 2.45) is 0 Å². The molecule has 7 nitrogen and oxygen atoms in total. The lowest BCUT2D eigenvalue weighted by Gasteiger charge is -2.12. The monoisotopic (exact) mass is 468 g/mol. The van der Waals surface area contributed by atoms with Gasteiger partial charge in [-0.05, 0) is 29.6 Å². The first-order valence-electron chi connectivity index (χ1n) is 8.67. The molecule has 4 aromatic heterocycles. The number of carboxylic acid groups (broad SMARTS) is 1. The molecule has 0 radical (unpaired) electrons. The largest absolute Gasteiger partial charge is 0.464 e. The summed E-state index contributed by atoms with van der Waals surface area (Å²) in [5.41, 5.74) is -2.13. The molecule has 31 heavy (non-hydrogen) atoms. The second-order valence-corrected chi connectivity index (χ2v) is 7.78. The number of hydrogen-bond donors (Lipinski definition) is 2. The maximum atomic E-state index is 13.8. The van der Waals surface area contributed by atoms with Gasteiger partial charge in [0.1, 0.15) is 5.15 Å². The molecule has 0 aliphatic carbocycles. The van der Waals surface area contributed by atoms with Gasteiger partial charge in [-0.15, -0.1) is 11.3 Å². The van der Waals surface area contributed by atoms with Crippen LogP contribution in [0, 0.1) is 0 Å². The summed E-state index contributed by atoms with van der Waals surface area (Å²) >= 11 is 7.63. The van der Waals surface area contributed by atoms with Crippen molar-refractivity contribution < 1.29 is 27.9 Å². The third kappa shape index (κ3) is 3.89. The van der Waals surface area contributed by atoms with E-state index in [0.29, 0.717) is 0 Å². The predicted molar refractivity (Wildman–Crippen MR) is 108 cm³/mol. The fraction of sp³-hybridized carbons (Fsp3) is 0.105. The zero-order chi connectivity index (χ0) is 22.3. The third-order valence-electron chi connectivity index (χ3n) is 4.44. The van der Waals surface area contributed by atoms with Crippen molar-refractivity contribution in [3.8, 4) is 11.3 Å². The quantitative estimate of drug-likeness (QED) is 0.441. The molecule has 0 atom stereocenters. The first kappa shape index (κ1) is 20.9. The summed E-state index contributed by atoms with van der Waals surface area (Å²) in [6.07, 6.45) is -3.77. The first-order valence-corrected chi connectivity index (χ1v) is 9.93. The maximum absolute atomic E-state index is 13.8. The van der Waals surface area contributed by atoms with E-state index in [1.54, 1.807) is 12.1 Å². The van der Waals surface area contributed by atoms with Gasteiger partial charge in [0, 0.05) is 22.8 Å². The molecule has 0 aliphatic heterocycles. The smallest absolute Gasteiger partial charge is 0.420 e. The van der Waals surface area contributed by atoms with E-state index in [9.17, 15) is 27.9 Å². The van der Waals surface area contributed by atoms with Crippen LogP contribution in [0.1, 0.15) is 20.9 Å². The van der Waals surface area contributed by atoms with Crippen LogP contribution in [0.15, 0.2) is 48.1 Å². The topological polar surface area (TPSA) is 88.6 Å². The lowest BCUT2D eigenvalue weighted by Crippen LogP contribution is -2.23. The number of thiophene rings is 1. The van der Waals surface area contributed by atoms with Crippen molar-refractivity contribution in [3.05, 3.63) is 69.4 Å². The van der Waals surface area contributed by atoms with E-state index < -0.39 is 29.4 Å². The van der Waals surface area contributed by atoms with E-state index in [2.05, 4.69) is 10.3 Å². The zero-order valence-electron chi connectivity index (χ0n) is 15.4. The highest BCUT2D eigenvalue weighted by molar-refractivity contribution is 7.09. The Balaban J connectivity index is 1.83. The number of imidazole rings is 1. The van der Waals surface area contributed by atoms with Gasteiger partial charge < -0.3 is 10.4 Å². The molecule has 0 unspecified atom stereocenters. The van der Waals surface area contributed by atoms with Crippen LogP contribution in [0.25, 0.3) is 16.9 Å². The molecule has 12 heteroatoms. The Labute approximate surface area is 181 Å². The summed E-state index contributed by atoms with van der Waals surface area (Å²) in [6.45, 7) is 0.171. The van der Waals surface area contributed by atoms with Gasteiger partial charge in [0.25, 0.3) is 5.91 Å². The fourth-order valence-corrected chi connectivity index (χ4v) is 3.96. The van der Waals surface area contributed by atoms with Crippen molar-refractivity contribution in [1.29, 1.82) is 0 Å². The number of pyridine rings is 1. The molecule has 0 bridgehead atoms. The highest BCUT2D eigenvalue weighted by Crippen LogP contribution is 2.37. The van der Waals surface area contributed by atoms with Crippen molar-refractivity contribution >= 4 is 40.6 Å². The predicted octanol–water partition coefficient (Wildman–Crippen LogP) is 4.99. The minimum absolute atomic E-state index is 0.00774. The molecule has 0 saturated heterocycles. The Hall–Kier alpha value is -3.31. The van der Waals surface area contributed by atoms with Gasteiger partial charge in [-0.1, -0.05) is 17.7 Å². The van der Waals surface area contributed by atoms with Crippen molar-refractivity contribution in [3.63, 3.8) is 0 Å². The van der Waals surface area contributed by atoms with Gasteiger partial charge in [-0.3, -0.25) is 13.8 Å². The number of fused-ring (bicyclic) bond motifs is 1. The zero-order valence-corrected chi connectivity index (χ0v) is 16.9. The number of hydrogen-bond acceptors (Lipinski definition) is 4. The summed E-state index contributed by atoms with van der Waals surface area (Å²) < 4.78 is 43.0. The van der Waals surface area contributed by atoms with Crippen LogP contribution in [0.3, 0.4) is 0 Å². The molecule has 0 aliphatic rings. The molecule has 4 aromatic rings. The number of aromatic nitrogens is 3. The number of alkyl halides is 3. The van der Waals surface area contributed by atoms with Crippen LogP contribution in [-0.2, 0) is 12.7 Å². The molecular formula is C19H12ClF3N4O3S. The molecule has 4 heterocycles. The van der Waals surface area contributed by atoms with E-state index in [-0.39, 0.29) is 28.6 Å². The lowest BCUT2D eigenvalue weighted by atomic mass is 10.1. The van der Waals surface area contributed by atoms with Gasteiger partial charge in [-0.25, -0.2) is 9.78 Å². The van der Waals surface area contributed by atoms with E-state index >= 15 is 0 Å². The summed E-state index contributed by atoms with van der Waals surface area (Å²) in [7, 11) is 0. The summed E-state index contributed by atoms with van der Waals surface area (Å²) in [4.78, 5) is 28.6. The average molecular weight is 469 g/mol. The van der Waals surface area contributed by atoms with E-state index in [1.807, 2.05) is 5.38 Å².